The number of carbonyl (C=O) groups excluding carboxylic acids is 2. The first kappa shape index (κ1) is 26.7. The minimum absolute atomic E-state index is 0.0295. The van der Waals surface area contributed by atoms with E-state index in [1.165, 1.54) is 26.4 Å². The molecule has 2 aromatic rings. The van der Waals surface area contributed by atoms with Crippen LogP contribution >= 0.6 is 0 Å². The Bertz CT molecular complexity index is 958. The lowest BCUT2D eigenvalue weighted by Crippen LogP contribution is -2.45. The van der Waals surface area contributed by atoms with Crippen LogP contribution in [0.2, 0.25) is 0 Å². The number of halogens is 1. The van der Waals surface area contributed by atoms with Gasteiger partial charge in [0.05, 0.1) is 14.2 Å². The summed E-state index contributed by atoms with van der Waals surface area (Å²) >= 11 is 0. The van der Waals surface area contributed by atoms with Crippen LogP contribution in [0.1, 0.15) is 31.9 Å². The number of ether oxygens (including phenoxy) is 4. The lowest BCUT2D eigenvalue weighted by Gasteiger charge is -2.27. The van der Waals surface area contributed by atoms with Crippen LogP contribution in [0.4, 0.5) is 9.18 Å². The highest BCUT2D eigenvalue weighted by Crippen LogP contribution is 2.26. The predicted octanol–water partition coefficient (Wildman–Crippen LogP) is 4.16. The maximum absolute atomic E-state index is 13.9. The molecule has 0 aliphatic rings. The van der Waals surface area contributed by atoms with Gasteiger partial charge in [0.1, 0.15) is 29.5 Å². The van der Waals surface area contributed by atoms with Gasteiger partial charge in [-0.1, -0.05) is 17.2 Å². The van der Waals surface area contributed by atoms with Crippen molar-refractivity contribution in [2.24, 2.45) is 0 Å². The first-order chi connectivity index (χ1) is 16.1. The highest BCUT2D eigenvalue weighted by atomic mass is 18.2. The quantitative estimate of drug-likeness (QED) is 0.306. The number of rotatable bonds is 10. The minimum atomic E-state index is -1.33. The van der Waals surface area contributed by atoms with Crippen molar-refractivity contribution in [3.05, 3.63) is 53.6 Å². The van der Waals surface area contributed by atoms with Crippen LogP contribution in [0.15, 0.2) is 42.5 Å². The first-order valence-electron chi connectivity index (χ1n) is 10.4. The van der Waals surface area contributed by atoms with E-state index < -0.39 is 30.6 Å². The Morgan fingerprint density at radius 3 is 2.29 bits per heavy atom. The fraction of sp³-hybridized carbons (Fsp3) is 0.417. The van der Waals surface area contributed by atoms with E-state index in [0.29, 0.717) is 27.7 Å². The van der Waals surface area contributed by atoms with Crippen molar-refractivity contribution in [3.8, 4) is 17.2 Å². The number of hydroxylamine groups is 2. The van der Waals surface area contributed by atoms with Gasteiger partial charge in [-0.15, -0.1) is 0 Å². The van der Waals surface area contributed by atoms with E-state index in [9.17, 15) is 19.1 Å². The van der Waals surface area contributed by atoms with Crippen molar-refractivity contribution in [1.29, 1.82) is 0 Å². The molecule has 2 aromatic carbocycles. The lowest BCUT2D eigenvalue weighted by atomic mass is 10.1. The number of phenolic OH excluding ortho intramolecular Hbond substituents is 1. The van der Waals surface area contributed by atoms with E-state index in [4.69, 9.17) is 23.8 Å². The van der Waals surface area contributed by atoms with Gasteiger partial charge >= 0.3 is 12.1 Å². The molecule has 0 saturated heterocycles. The Balaban J connectivity index is 2.22. The summed E-state index contributed by atoms with van der Waals surface area (Å²) in [5.74, 6) is 0.190. The fourth-order valence-electron chi connectivity index (χ4n) is 2.91. The van der Waals surface area contributed by atoms with E-state index in [0.717, 1.165) is 0 Å². The summed E-state index contributed by atoms with van der Waals surface area (Å²) in [6.45, 7) is 3.41. The fourth-order valence-corrected chi connectivity index (χ4v) is 2.91. The number of benzene rings is 2. The Kier molecular flexibility index (Phi) is 9.49. The second kappa shape index (κ2) is 12.1. The van der Waals surface area contributed by atoms with Crippen LogP contribution in [0.25, 0.3) is 0 Å². The Hall–Kier alpha value is -3.53. The molecule has 0 aliphatic carbocycles. The minimum Gasteiger partial charge on any atom is -0.508 e. The predicted molar refractivity (Wildman–Crippen MR) is 120 cm³/mol. The van der Waals surface area contributed by atoms with E-state index in [1.54, 1.807) is 51.1 Å². The summed E-state index contributed by atoms with van der Waals surface area (Å²) in [5.41, 5.74) is 0.254. The van der Waals surface area contributed by atoms with Crippen molar-refractivity contribution < 1.29 is 42.9 Å². The summed E-state index contributed by atoms with van der Waals surface area (Å²) < 4.78 is 34.8. The second-order valence-corrected chi connectivity index (χ2v) is 8.26. The number of aromatic hydroxyl groups is 1. The zero-order chi connectivity index (χ0) is 25.3. The molecule has 0 fully saturated rings. The molecule has 9 nitrogen and oxygen atoms in total. The summed E-state index contributed by atoms with van der Waals surface area (Å²) in [7, 11) is 2.98. The molecule has 0 aliphatic heterocycles. The lowest BCUT2D eigenvalue weighted by molar-refractivity contribution is -0.199. The van der Waals surface area contributed by atoms with Crippen LogP contribution in [0.3, 0.4) is 0 Å². The Morgan fingerprint density at radius 2 is 1.74 bits per heavy atom. The van der Waals surface area contributed by atoms with Gasteiger partial charge in [-0.3, -0.25) is 4.79 Å². The molecule has 0 aromatic heterocycles. The SMILES string of the molecule is COc1ccc(COC(=O)[C@@H](Cc2ccc(O)cc2)N(C[18F])OC(=O)OC(C)(C)C)c(OC)c1. The number of phenols is 1. The van der Waals surface area contributed by atoms with Crippen molar-refractivity contribution >= 4 is 12.1 Å². The van der Waals surface area contributed by atoms with Crippen LogP contribution in [-0.2, 0) is 32.1 Å². The number of nitrogens with zero attached hydrogens (tertiary/aromatic N) is 1. The van der Waals surface area contributed by atoms with Crippen molar-refractivity contribution in [2.75, 3.05) is 21.0 Å². The van der Waals surface area contributed by atoms with Crippen LogP contribution in [-0.4, -0.2) is 55.0 Å². The monoisotopic (exact) mass is 478 g/mol. The number of hydrogen-bond donors (Lipinski definition) is 1. The molecule has 186 valence electrons. The molecule has 1 N–H and O–H groups in total. The highest BCUT2D eigenvalue weighted by molar-refractivity contribution is 5.76. The molecule has 0 unspecified atom stereocenters. The van der Waals surface area contributed by atoms with Gasteiger partial charge in [-0.2, -0.15) is 0 Å². The van der Waals surface area contributed by atoms with Gasteiger partial charge in [-0.05, 0) is 50.6 Å². The third kappa shape index (κ3) is 8.11. The Labute approximate surface area is 197 Å². The third-order valence-electron chi connectivity index (χ3n) is 4.55. The average Bonchev–Trinajstić information content (AvgIpc) is 2.79. The zero-order valence-electron chi connectivity index (χ0n) is 19.9. The normalized spacial score (nSPS) is 12.1. The van der Waals surface area contributed by atoms with Gasteiger partial charge < -0.3 is 28.9 Å². The van der Waals surface area contributed by atoms with Crippen molar-refractivity contribution in [2.45, 2.75) is 45.4 Å². The molecule has 0 radical (unpaired) electrons. The summed E-state index contributed by atoms with van der Waals surface area (Å²) in [5, 5.41) is 10.1. The van der Waals surface area contributed by atoms with E-state index in [-0.39, 0.29) is 18.8 Å². The number of alkyl halides is 1. The summed E-state index contributed by atoms with van der Waals surface area (Å²) in [4.78, 5) is 30.1. The zero-order valence-corrected chi connectivity index (χ0v) is 19.9. The molecule has 10 heteroatoms. The number of methoxy groups -OCH3 is 2. The maximum atomic E-state index is 13.9. The van der Waals surface area contributed by atoms with Gasteiger partial charge in [0, 0.05) is 18.1 Å². The van der Waals surface area contributed by atoms with Crippen LogP contribution in [0, 0.1) is 0 Å². The Morgan fingerprint density at radius 1 is 1.06 bits per heavy atom. The molecule has 0 spiro atoms. The van der Waals surface area contributed by atoms with E-state index in [1.807, 2.05) is 0 Å². The number of hydrogen-bond acceptors (Lipinski definition) is 9. The summed E-state index contributed by atoms with van der Waals surface area (Å²) in [6, 6.07) is 9.63. The molecule has 0 amide bonds. The molecular formula is C24H30FNO8. The topological polar surface area (TPSA) is 104 Å². The number of carbonyl (C=O) groups is 2. The third-order valence-corrected chi connectivity index (χ3v) is 4.55. The number of esters is 1. The largest absolute Gasteiger partial charge is 0.528 e. The van der Waals surface area contributed by atoms with Gasteiger partial charge in [0.25, 0.3) is 0 Å². The van der Waals surface area contributed by atoms with E-state index in [2.05, 4.69) is 0 Å². The van der Waals surface area contributed by atoms with Gasteiger partial charge in [0.15, 0.2) is 12.8 Å². The first-order valence-corrected chi connectivity index (χ1v) is 10.4. The average molecular weight is 479 g/mol. The second-order valence-electron chi connectivity index (χ2n) is 8.26. The smallest absolute Gasteiger partial charge is 0.508 e. The van der Waals surface area contributed by atoms with Crippen molar-refractivity contribution in [3.63, 3.8) is 0 Å². The summed E-state index contributed by atoms with van der Waals surface area (Å²) in [6.07, 6.45) is -1.23. The molecule has 34 heavy (non-hydrogen) atoms. The standard InChI is InChI=1S/C24H30FNO8/c1-24(2,3)33-23(29)34-26(15-25)20(12-16-6-9-18(27)10-7-16)22(28)32-14-17-8-11-19(30-4)13-21(17)31-5/h6-11,13,20,27H,12,14-15H2,1-5H3/t20-/m1/s1/i25-1. The van der Waals surface area contributed by atoms with E-state index >= 15 is 0 Å². The molecule has 1 atom stereocenters. The molecule has 0 heterocycles. The highest BCUT2D eigenvalue weighted by Gasteiger charge is 2.33. The van der Waals surface area contributed by atoms with Gasteiger partial charge in [-0.25, -0.2) is 9.18 Å². The van der Waals surface area contributed by atoms with Crippen LogP contribution in [0.5, 0.6) is 17.2 Å². The molecule has 2 rings (SSSR count). The molecule has 0 bridgehead atoms. The molecular weight excluding hydrogens is 448 g/mol. The molecule has 0 saturated carbocycles. The van der Waals surface area contributed by atoms with Crippen LogP contribution < -0.4 is 9.47 Å². The van der Waals surface area contributed by atoms with Gasteiger partial charge in [0.2, 0.25) is 0 Å². The maximum Gasteiger partial charge on any atom is 0.528 e. The van der Waals surface area contributed by atoms with Crippen molar-refractivity contribution in [1.82, 2.24) is 5.06 Å².